The topological polar surface area (TPSA) is 58.6 Å². The number of sulfonamides is 1. The Balaban J connectivity index is 1.63. The van der Waals surface area contributed by atoms with Crippen LogP contribution in [0.5, 0.6) is 0 Å². The minimum atomic E-state index is -4.61. The van der Waals surface area contributed by atoms with E-state index in [-0.39, 0.29) is 18.2 Å². The quantitative estimate of drug-likeness (QED) is 0.768. The molecule has 29 heavy (non-hydrogen) atoms. The van der Waals surface area contributed by atoms with Gasteiger partial charge in [-0.2, -0.15) is 13.2 Å². The largest absolute Gasteiger partial charge is 0.416 e. The van der Waals surface area contributed by atoms with Crippen molar-refractivity contribution in [2.75, 3.05) is 26.2 Å². The third kappa shape index (κ3) is 5.79. The Morgan fingerprint density at radius 3 is 2.59 bits per heavy atom. The van der Waals surface area contributed by atoms with Crippen LogP contribution in [0, 0.1) is 6.92 Å². The summed E-state index contributed by atoms with van der Waals surface area (Å²) in [6, 6.07) is 12.9. The van der Waals surface area contributed by atoms with E-state index in [0.29, 0.717) is 19.2 Å². The van der Waals surface area contributed by atoms with Crippen LogP contribution < -0.4 is 4.72 Å². The van der Waals surface area contributed by atoms with Crippen LogP contribution in [0.4, 0.5) is 13.2 Å². The number of aryl methyl sites for hydroxylation is 1. The Morgan fingerprint density at radius 2 is 1.90 bits per heavy atom. The number of nitrogens with zero attached hydrogens (tertiary/aromatic N) is 1. The molecule has 158 valence electrons. The van der Waals surface area contributed by atoms with Crippen molar-refractivity contribution < 1.29 is 26.3 Å². The zero-order valence-electron chi connectivity index (χ0n) is 15.9. The second-order valence-corrected chi connectivity index (χ2v) is 8.81. The van der Waals surface area contributed by atoms with Crippen LogP contribution in [-0.2, 0) is 27.5 Å². The zero-order chi connectivity index (χ0) is 21.1. The van der Waals surface area contributed by atoms with Gasteiger partial charge in [0.05, 0.1) is 23.2 Å². The van der Waals surface area contributed by atoms with Gasteiger partial charge in [0, 0.05) is 26.2 Å². The molecule has 3 rings (SSSR count). The SMILES string of the molecule is Cc1ccc(S(=O)(=O)NCC2CN(Cc3ccccc3)CCO2)cc1C(F)(F)F. The fourth-order valence-corrected chi connectivity index (χ4v) is 4.34. The average Bonchev–Trinajstić information content (AvgIpc) is 2.67. The van der Waals surface area contributed by atoms with Gasteiger partial charge in [0.15, 0.2) is 0 Å². The highest BCUT2D eigenvalue weighted by molar-refractivity contribution is 7.89. The standard InChI is InChI=1S/C20H23F3N2O3S/c1-15-7-8-18(11-19(15)20(21,22)23)29(26,27)24-12-17-14-25(9-10-28-17)13-16-5-3-2-4-6-16/h2-8,11,17,24H,9-10,12-14H2,1H3. The number of halogens is 3. The van der Waals surface area contributed by atoms with E-state index in [4.69, 9.17) is 4.74 Å². The van der Waals surface area contributed by atoms with Gasteiger partial charge in [0.25, 0.3) is 0 Å². The van der Waals surface area contributed by atoms with Crippen LogP contribution in [0.1, 0.15) is 16.7 Å². The van der Waals surface area contributed by atoms with Crippen molar-refractivity contribution in [2.24, 2.45) is 0 Å². The van der Waals surface area contributed by atoms with Crippen LogP contribution in [0.15, 0.2) is 53.4 Å². The molecule has 1 unspecified atom stereocenters. The van der Waals surface area contributed by atoms with Gasteiger partial charge in [-0.1, -0.05) is 36.4 Å². The molecule has 0 aliphatic carbocycles. The molecule has 1 aliphatic heterocycles. The molecule has 0 spiro atoms. The first-order chi connectivity index (χ1) is 13.6. The van der Waals surface area contributed by atoms with Crippen molar-refractivity contribution in [3.05, 3.63) is 65.2 Å². The molecule has 9 heteroatoms. The van der Waals surface area contributed by atoms with E-state index in [1.807, 2.05) is 30.3 Å². The van der Waals surface area contributed by atoms with Gasteiger partial charge >= 0.3 is 6.18 Å². The Morgan fingerprint density at radius 1 is 1.17 bits per heavy atom. The summed E-state index contributed by atoms with van der Waals surface area (Å²) >= 11 is 0. The summed E-state index contributed by atoms with van der Waals surface area (Å²) in [4.78, 5) is 1.75. The summed E-state index contributed by atoms with van der Waals surface area (Å²) in [5.74, 6) is 0. The molecule has 1 aliphatic rings. The van der Waals surface area contributed by atoms with E-state index < -0.39 is 26.7 Å². The van der Waals surface area contributed by atoms with Crippen molar-refractivity contribution in [2.45, 2.75) is 30.6 Å². The molecule has 0 radical (unpaired) electrons. The Hall–Kier alpha value is -1.94. The van der Waals surface area contributed by atoms with Crippen molar-refractivity contribution in [1.29, 1.82) is 0 Å². The number of alkyl halides is 3. The number of morpholine rings is 1. The third-order valence-electron chi connectivity index (χ3n) is 4.80. The summed E-state index contributed by atoms with van der Waals surface area (Å²) in [7, 11) is -4.08. The van der Waals surface area contributed by atoms with Gasteiger partial charge in [0.2, 0.25) is 10.0 Å². The molecule has 1 atom stereocenters. The molecule has 0 amide bonds. The average molecular weight is 428 g/mol. The number of ether oxygens (including phenoxy) is 1. The highest BCUT2D eigenvalue weighted by atomic mass is 32.2. The summed E-state index contributed by atoms with van der Waals surface area (Å²) in [5, 5.41) is 0. The van der Waals surface area contributed by atoms with E-state index in [2.05, 4.69) is 9.62 Å². The van der Waals surface area contributed by atoms with Gasteiger partial charge in [-0.3, -0.25) is 4.90 Å². The second-order valence-electron chi connectivity index (χ2n) is 7.04. The number of nitrogens with one attached hydrogen (secondary N) is 1. The molecule has 5 nitrogen and oxygen atoms in total. The lowest BCUT2D eigenvalue weighted by atomic mass is 10.1. The van der Waals surface area contributed by atoms with Gasteiger partial charge in [0.1, 0.15) is 0 Å². The fourth-order valence-electron chi connectivity index (χ4n) is 3.25. The second kappa shape index (κ2) is 8.83. The van der Waals surface area contributed by atoms with E-state index >= 15 is 0 Å². The summed E-state index contributed by atoms with van der Waals surface area (Å²) in [6.07, 6.45) is -4.99. The van der Waals surface area contributed by atoms with Crippen LogP contribution in [0.3, 0.4) is 0 Å². The molecule has 2 aromatic rings. The molecule has 1 saturated heterocycles. The monoisotopic (exact) mass is 428 g/mol. The maximum Gasteiger partial charge on any atom is 0.416 e. The predicted octanol–water partition coefficient (Wildman–Crippen LogP) is 3.19. The number of hydrogen-bond acceptors (Lipinski definition) is 4. The van der Waals surface area contributed by atoms with Crippen LogP contribution >= 0.6 is 0 Å². The summed E-state index contributed by atoms with van der Waals surface area (Å²) in [5.41, 5.74) is 0.167. The maximum absolute atomic E-state index is 13.1. The van der Waals surface area contributed by atoms with Crippen molar-refractivity contribution in [3.63, 3.8) is 0 Å². The zero-order valence-corrected chi connectivity index (χ0v) is 16.8. The lowest BCUT2D eigenvalue weighted by Crippen LogP contribution is -2.47. The minimum Gasteiger partial charge on any atom is -0.374 e. The predicted molar refractivity (Wildman–Crippen MR) is 103 cm³/mol. The molecule has 2 aromatic carbocycles. The van der Waals surface area contributed by atoms with E-state index in [1.54, 1.807) is 0 Å². The Labute approximate surface area is 168 Å². The molecule has 0 bridgehead atoms. The molecule has 1 fully saturated rings. The van der Waals surface area contributed by atoms with E-state index in [9.17, 15) is 21.6 Å². The smallest absolute Gasteiger partial charge is 0.374 e. The maximum atomic E-state index is 13.1. The normalized spacial score (nSPS) is 18.7. The first-order valence-corrected chi connectivity index (χ1v) is 10.7. The first kappa shape index (κ1) is 21.8. The van der Waals surface area contributed by atoms with Gasteiger partial charge in [-0.05, 0) is 30.2 Å². The highest BCUT2D eigenvalue weighted by Crippen LogP contribution is 2.33. The number of rotatable bonds is 6. The van der Waals surface area contributed by atoms with Crippen molar-refractivity contribution in [3.8, 4) is 0 Å². The highest BCUT2D eigenvalue weighted by Gasteiger charge is 2.34. The lowest BCUT2D eigenvalue weighted by Gasteiger charge is -2.33. The molecular weight excluding hydrogens is 405 g/mol. The lowest BCUT2D eigenvalue weighted by molar-refractivity contribution is -0.138. The number of benzene rings is 2. The summed E-state index contributed by atoms with van der Waals surface area (Å²) < 4.78 is 72.2. The minimum absolute atomic E-state index is 0.0111. The van der Waals surface area contributed by atoms with Crippen LogP contribution in [-0.4, -0.2) is 45.7 Å². The third-order valence-corrected chi connectivity index (χ3v) is 6.22. The van der Waals surface area contributed by atoms with E-state index in [0.717, 1.165) is 24.7 Å². The first-order valence-electron chi connectivity index (χ1n) is 9.20. The number of hydrogen-bond donors (Lipinski definition) is 1. The fraction of sp³-hybridized carbons (Fsp3) is 0.400. The molecule has 1 N–H and O–H groups in total. The Kier molecular flexibility index (Phi) is 6.62. The van der Waals surface area contributed by atoms with Gasteiger partial charge < -0.3 is 4.74 Å². The molecule has 1 heterocycles. The Bertz CT molecular complexity index is 934. The summed E-state index contributed by atoms with van der Waals surface area (Å²) in [6.45, 7) is 3.72. The van der Waals surface area contributed by atoms with Crippen LogP contribution in [0.25, 0.3) is 0 Å². The van der Waals surface area contributed by atoms with Crippen LogP contribution in [0.2, 0.25) is 0 Å². The van der Waals surface area contributed by atoms with Crippen molar-refractivity contribution >= 4 is 10.0 Å². The van der Waals surface area contributed by atoms with Crippen molar-refractivity contribution in [1.82, 2.24) is 9.62 Å². The molecular formula is C20H23F3N2O3S. The van der Waals surface area contributed by atoms with E-state index in [1.165, 1.54) is 13.0 Å². The molecule has 0 aromatic heterocycles. The van der Waals surface area contributed by atoms with Gasteiger partial charge in [-0.15, -0.1) is 0 Å². The van der Waals surface area contributed by atoms with Gasteiger partial charge in [-0.25, -0.2) is 13.1 Å². The molecule has 0 saturated carbocycles.